The fraction of sp³-hybridized carbons (Fsp3) is 0.278. The van der Waals surface area contributed by atoms with Crippen LogP contribution >= 0.6 is 0 Å². The van der Waals surface area contributed by atoms with E-state index in [0.29, 0.717) is 5.92 Å². The van der Waals surface area contributed by atoms with Gasteiger partial charge in [-0.2, -0.15) is 0 Å². The SMILES string of the molecule is CC(C)CC(C(N)=O)c1cccc(-c2ccccc2)c1. The molecule has 2 N–H and O–H groups in total. The molecular weight excluding hydrogens is 246 g/mol. The Hall–Kier alpha value is -2.09. The average molecular weight is 267 g/mol. The standard InChI is InChI=1S/C18H21NO/c1-13(2)11-17(18(19)20)16-10-6-9-15(12-16)14-7-4-3-5-8-14/h3-10,12-13,17H,11H2,1-2H3,(H2,19,20). The first-order chi connectivity index (χ1) is 9.58. The van der Waals surface area contributed by atoms with Crippen LogP contribution in [0.25, 0.3) is 11.1 Å². The van der Waals surface area contributed by atoms with Crippen molar-refractivity contribution in [1.29, 1.82) is 0 Å². The molecule has 20 heavy (non-hydrogen) atoms. The molecule has 0 bridgehead atoms. The lowest BCUT2D eigenvalue weighted by Crippen LogP contribution is -2.22. The Balaban J connectivity index is 2.35. The van der Waals surface area contributed by atoms with Crippen molar-refractivity contribution in [2.45, 2.75) is 26.2 Å². The number of benzene rings is 2. The van der Waals surface area contributed by atoms with Crippen molar-refractivity contribution >= 4 is 5.91 Å². The number of hydrogen-bond acceptors (Lipinski definition) is 1. The Kier molecular flexibility index (Phi) is 4.57. The highest BCUT2D eigenvalue weighted by atomic mass is 16.1. The summed E-state index contributed by atoms with van der Waals surface area (Å²) in [6, 6.07) is 18.3. The van der Waals surface area contributed by atoms with Gasteiger partial charge in [-0.25, -0.2) is 0 Å². The predicted octanol–water partition coefficient (Wildman–Crippen LogP) is 3.97. The molecule has 0 saturated heterocycles. The zero-order valence-corrected chi connectivity index (χ0v) is 12.0. The van der Waals surface area contributed by atoms with Gasteiger partial charge in [-0.05, 0) is 29.0 Å². The summed E-state index contributed by atoms with van der Waals surface area (Å²) in [7, 11) is 0. The highest BCUT2D eigenvalue weighted by Crippen LogP contribution is 2.27. The second-order valence-corrected chi connectivity index (χ2v) is 5.58. The summed E-state index contributed by atoms with van der Waals surface area (Å²) in [4.78, 5) is 11.7. The van der Waals surface area contributed by atoms with Gasteiger partial charge in [-0.15, -0.1) is 0 Å². The minimum Gasteiger partial charge on any atom is -0.369 e. The Morgan fingerprint density at radius 2 is 1.65 bits per heavy atom. The quantitative estimate of drug-likeness (QED) is 0.875. The third kappa shape index (κ3) is 3.47. The van der Waals surface area contributed by atoms with Crippen molar-refractivity contribution in [3.63, 3.8) is 0 Å². The Morgan fingerprint density at radius 1 is 1.00 bits per heavy atom. The molecule has 1 amide bonds. The molecular formula is C18H21NO. The van der Waals surface area contributed by atoms with E-state index in [1.165, 1.54) is 0 Å². The van der Waals surface area contributed by atoms with E-state index in [2.05, 4.69) is 38.1 Å². The largest absolute Gasteiger partial charge is 0.369 e. The van der Waals surface area contributed by atoms with Crippen LogP contribution in [0.3, 0.4) is 0 Å². The van der Waals surface area contributed by atoms with Crippen LogP contribution in [-0.4, -0.2) is 5.91 Å². The Labute approximate surface area is 120 Å². The first-order valence-corrected chi connectivity index (χ1v) is 7.02. The molecule has 0 aliphatic heterocycles. The van der Waals surface area contributed by atoms with Gasteiger partial charge in [0.2, 0.25) is 5.91 Å². The molecule has 0 aliphatic rings. The molecule has 1 unspecified atom stereocenters. The van der Waals surface area contributed by atoms with Gasteiger partial charge in [0.1, 0.15) is 0 Å². The lowest BCUT2D eigenvalue weighted by atomic mass is 9.88. The van der Waals surface area contributed by atoms with Gasteiger partial charge in [0.05, 0.1) is 5.92 Å². The molecule has 2 rings (SSSR count). The van der Waals surface area contributed by atoms with Crippen LogP contribution in [0.1, 0.15) is 31.7 Å². The van der Waals surface area contributed by atoms with Gasteiger partial charge in [0.15, 0.2) is 0 Å². The Morgan fingerprint density at radius 3 is 2.25 bits per heavy atom. The fourth-order valence-electron chi connectivity index (χ4n) is 2.45. The smallest absolute Gasteiger partial charge is 0.224 e. The molecule has 0 aromatic heterocycles. The van der Waals surface area contributed by atoms with E-state index >= 15 is 0 Å². The minimum absolute atomic E-state index is 0.210. The molecule has 0 fully saturated rings. The molecule has 1 atom stereocenters. The monoisotopic (exact) mass is 267 g/mol. The van der Waals surface area contributed by atoms with E-state index in [4.69, 9.17) is 5.73 Å². The van der Waals surface area contributed by atoms with Crippen molar-refractivity contribution in [2.24, 2.45) is 11.7 Å². The van der Waals surface area contributed by atoms with Crippen LogP contribution in [0.2, 0.25) is 0 Å². The maximum atomic E-state index is 11.7. The Bertz CT molecular complexity index is 575. The van der Waals surface area contributed by atoms with E-state index in [0.717, 1.165) is 23.1 Å². The molecule has 104 valence electrons. The van der Waals surface area contributed by atoms with Gasteiger partial charge in [0.25, 0.3) is 0 Å². The third-order valence-electron chi connectivity index (χ3n) is 3.45. The van der Waals surface area contributed by atoms with Crippen molar-refractivity contribution in [1.82, 2.24) is 0 Å². The summed E-state index contributed by atoms with van der Waals surface area (Å²) in [6.07, 6.45) is 0.785. The second kappa shape index (κ2) is 6.38. The van der Waals surface area contributed by atoms with Gasteiger partial charge in [0, 0.05) is 0 Å². The summed E-state index contributed by atoms with van der Waals surface area (Å²) in [5.74, 6) is -0.0181. The first-order valence-electron chi connectivity index (χ1n) is 7.02. The zero-order chi connectivity index (χ0) is 14.5. The number of nitrogens with two attached hydrogens (primary N) is 1. The summed E-state index contributed by atoms with van der Waals surface area (Å²) >= 11 is 0. The van der Waals surface area contributed by atoms with E-state index in [9.17, 15) is 4.79 Å². The molecule has 2 aromatic carbocycles. The number of primary amides is 1. The van der Waals surface area contributed by atoms with Crippen LogP contribution < -0.4 is 5.73 Å². The average Bonchev–Trinajstić information content (AvgIpc) is 2.45. The van der Waals surface area contributed by atoms with Crippen LogP contribution in [0.5, 0.6) is 0 Å². The minimum atomic E-state index is -0.246. The number of carbonyl (C=O) groups excluding carboxylic acids is 1. The van der Waals surface area contributed by atoms with E-state index in [1.54, 1.807) is 0 Å². The van der Waals surface area contributed by atoms with E-state index < -0.39 is 0 Å². The maximum Gasteiger partial charge on any atom is 0.224 e. The topological polar surface area (TPSA) is 43.1 Å². The summed E-state index contributed by atoms with van der Waals surface area (Å²) in [5, 5.41) is 0. The number of rotatable bonds is 5. The van der Waals surface area contributed by atoms with E-state index in [-0.39, 0.29) is 11.8 Å². The predicted molar refractivity (Wildman–Crippen MR) is 83.3 cm³/mol. The lowest BCUT2D eigenvalue weighted by Gasteiger charge is -2.17. The van der Waals surface area contributed by atoms with Crippen molar-refractivity contribution in [3.05, 3.63) is 60.2 Å². The molecule has 2 nitrogen and oxygen atoms in total. The maximum absolute atomic E-state index is 11.7. The number of amides is 1. The van der Waals surface area contributed by atoms with Crippen LogP contribution in [0, 0.1) is 5.92 Å². The zero-order valence-electron chi connectivity index (χ0n) is 12.0. The fourth-order valence-corrected chi connectivity index (χ4v) is 2.45. The van der Waals surface area contributed by atoms with Gasteiger partial charge in [-0.1, -0.05) is 68.4 Å². The highest BCUT2D eigenvalue weighted by Gasteiger charge is 2.19. The molecule has 0 radical (unpaired) electrons. The second-order valence-electron chi connectivity index (χ2n) is 5.58. The van der Waals surface area contributed by atoms with Gasteiger partial charge >= 0.3 is 0 Å². The molecule has 2 aromatic rings. The summed E-state index contributed by atoms with van der Waals surface area (Å²) < 4.78 is 0. The molecule has 0 heterocycles. The van der Waals surface area contributed by atoms with E-state index in [1.807, 2.05) is 30.3 Å². The van der Waals surface area contributed by atoms with Crippen LogP contribution in [0.4, 0.5) is 0 Å². The first kappa shape index (κ1) is 14.3. The number of carbonyl (C=O) groups is 1. The highest BCUT2D eigenvalue weighted by molar-refractivity contribution is 5.82. The molecule has 2 heteroatoms. The number of hydrogen-bond donors (Lipinski definition) is 1. The van der Waals surface area contributed by atoms with Crippen molar-refractivity contribution in [2.75, 3.05) is 0 Å². The molecule has 0 spiro atoms. The van der Waals surface area contributed by atoms with Crippen LogP contribution in [-0.2, 0) is 4.79 Å². The van der Waals surface area contributed by atoms with Crippen molar-refractivity contribution in [3.8, 4) is 11.1 Å². The summed E-state index contributed by atoms with van der Waals surface area (Å²) in [5.41, 5.74) is 8.85. The van der Waals surface area contributed by atoms with Gasteiger partial charge < -0.3 is 5.73 Å². The molecule has 0 saturated carbocycles. The normalized spacial score (nSPS) is 12.3. The summed E-state index contributed by atoms with van der Waals surface area (Å²) in [6.45, 7) is 4.22. The molecule has 0 aliphatic carbocycles. The van der Waals surface area contributed by atoms with Crippen molar-refractivity contribution < 1.29 is 4.79 Å². The third-order valence-corrected chi connectivity index (χ3v) is 3.45. The van der Waals surface area contributed by atoms with Crippen LogP contribution in [0.15, 0.2) is 54.6 Å². The van der Waals surface area contributed by atoms with Gasteiger partial charge in [-0.3, -0.25) is 4.79 Å². The lowest BCUT2D eigenvalue weighted by molar-refractivity contribution is -0.119.